The van der Waals surface area contributed by atoms with E-state index < -0.39 is 16.2 Å². The molecular weight excluding hydrogens is 233 g/mol. The van der Waals surface area contributed by atoms with Crippen molar-refractivity contribution < 1.29 is 12.8 Å². The first-order valence-corrected chi connectivity index (χ1v) is 6.42. The van der Waals surface area contributed by atoms with Crippen LogP contribution in [0.1, 0.15) is 12.8 Å². The smallest absolute Gasteiger partial charge is 0.254 e. The number of halogens is 1. The zero-order valence-corrected chi connectivity index (χ0v) is 9.37. The summed E-state index contributed by atoms with van der Waals surface area (Å²) in [5, 5.41) is 0. The molecule has 16 heavy (non-hydrogen) atoms. The zero-order valence-electron chi connectivity index (χ0n) is 8.56. The Kier molecular flexibility index (Phi) is 3.06. The predicted octanol–water partition coefficient (Wildman–Crippen LogP) is 0.973. The van der Waals surface area contributed by atoms with Gasteiger partial charge in [0.15, 0.2) is 0 Å². The lowest BCUT2D eigenvalue weighted by molar-refractivity contribution is 0.482. The second kappa shape index (κ2) is 4.34. The van der Waals surface area contributed by atoms with E-state index in [0.717, 1.165) is 18.9 Å². The van der Waals surface area contributed by atoms with Crippen LogP contribution in [-0.2, 0) is 10.2 Å². The Balaban J connectivity index is 2.14. The van der Waals surface area contributed by atoms with Gasteiger partial charge in [-0.15, -0.1) is 0 Å². The van der Waals surface area contributed by atoms with Crippen LogP contribution in [-0.4, -0.2) is 30.8 Å². The number of pyridine rings is 1. The minimum atomic E-state index is -3.58. The fourth-order valence-corrected chi connectivity index (χ4v) is 2.84. The molecule has 1 N–H and O–H groups in total. The SMILES string of the molecule is O=S(=O)(Nc1cccc(F)n1)N1CCCC1. The van der Waals surface area contributed by atoms with E-state index in [1.807, 2.05) is 0 Å². The Labute approximate surface area is 93.5 Å². The first-order valence-electron chi connectivity index (χ1n) is 4.98. The Morgan fingerprint density at radius 1 is 1.31 bits per heavy atom. The third-order valence-corrected chi connectivity index (χ3v) is 3.87. The highest BCUT2D eigenvalue weighted by atomic mass is 32.2. The summed E-state index contributed by atoms with van der Waals surface area (Å²) in [6.45, 7) is 1.01. The summed E-state index contributed by atoms with van der Waals surface area (Å²) in [6.07, 6.45) is 1.72. The van der Waals surface area contributed by atoms with Crippen molar-refractivity contribution in [2.45, 2.75) is 12.8 Å². The molecule has 0 radical (unpaired) electrons. The van der Waals surface area contributed by atoms with Gasteiger partial charge in [-0.25, -0.2) is 4.98 Å². The molecule has 0 spiro atoms. The predicted molar refractivity (Wildman–Crippen MR) is 57.5 cm³/mol. The number of nitrogens with zero attached hydrogens (tertiary/aromatic N) is 2. The van der Waals surface area contributed by atoms with Crippen LogP contribution in [0.3, 0.4) is 0 Å². The van der Waals surface area contributed by atoms with Crippen LogP contribution in [0, 0.1) is 5.95 Å². The molecule has 0 bridgehead atoms. The van der Waals surface area contributed by atoms with Gasteiger partial charge in [-0.05, 0) is 25.0 Å². The molecule has 1 saturated heterocycles. The number of hydrogen-bond donors (Lipinski definition) is 1. The Morgan fingerprint density at radius 2 is 2.00 bits per heavy atom. The van der Waals surface area contributed by atoms with Gasteiger partial charge in [0.25, 0.3) is 0 Å². The molecule has 1 aromatic rings. The molecular formula is C9H12FN3O2S. The summed E-state index contributed by atoms with van der Waals surface area (Å²) in [6, 6.07) is 3.98. The van der Waals surface area contributed by atoms with Crippen molar-refractivity contribution in [1.29, 1.82) is 0 Å². The van der Waals surface area contributed by atoms with Crippen LogP contribution in [0.25, 0.3) is 0 Å². The van der Waals surface area contributed by atoms with E-state index >= 15 is 0 Å². The summed E-state index contributed by atoms with van der Waals surface area (Å²) in [7, 11) is -3.58. The molecule has 0 aromatic carbocycles. The van der Waals surface area contributed by atoms with Crippen molar-refractivity contribution in [3.8, 4) is 0 Å². The average molecular weight is 245 g/mol. The summed E-state index contributed by atoms with van der Waals surface area (Å²) in [5.41, 5.74) is 0. The lowest BCUT2D eigenvalue weighted by atomic mass is 10.4. The van der Waals surface area contributed by atoms with Gasteiger partial charge in [0.1, 0.15) is 5.82 Å². The van der Waals surface area contributed by atoms with Gasteiger partial charge >= 0.3 is 10.2 Å². The fourth-order valence-electron chi connectivity index (χ4n) is 1.59. The molecule has 1 aliphatic rings. The first kappa shape index (κ1) is 11.3. The molecule has 0 atom stereocenters. The largest absolute Gasteiger partial charge is 0.302 e. The molecule has 88 valence electrons. The first-order chi connectivity index (χ1) is 7.58. The summed E-state index contributed by atoms with van der Waals surface area (Å²) >= 11 is 0. The third kappa shape index (κ3) is 2.48. The van der Waals surface area contributed by atoms with Crippen molar-refractivity contribution in [3.63, 3.8) is 0 Å². The maximum absolute atomic E-state index is 12.8. The van der Waals surface area contributed by atoms with Crippen LogP contribution in [0.15, 0.2) is 18.2 Å². The van der Waals surface area contributed by atoms with Gasteiger partial charge in [-0.3, -0.25) is 4.72 Å². The van der Waals surface area contributed by atoms with E-state index in [-0.39, 0.29) is 5.82 Å². The van der Waals surface area contributed by atoms with Gasteiger partial charge in [-0.2, -0.15) is 17.1 Å². The maximum Gasteiger partial charge on any atom is 0.302 e. The standard InChI is InChI=1S/C9H12FN3O2S/c10-8-4-3-5-9(11-8)12-16(14,15)13-6-1-2-7-13/h3-5H,1-2,6-7H2,(H,11,12). The molecule has 0 saturated carbocycles. The van der Waals surface area contributed by atoms with Gasteiger partial charge in [-0.1, -0.05) is 6.07 Å². The van der Waals surface area contributed by atoms with E-state index in [0.29, 0.717) is 13.1 Å². The van der Waals surface area contributed by atoms with Crippen molar-refractivity contribution in [2.75, 3.05) is 17.8 Å². The maximum atomic E-state index is 12.8. The second-order valence-electron chi connectivity index (χ2n) is 3.56. The monoisotopic (exact) mass is 245 g/mol. The quantitative estimate of drug-likeness (QED) is 0.807. The van der Waals surface area contributed by atoms with Crippen molar-refractivity contribution in [1.82, 2.24) is 9.29 Å². The van der Waals surface area contributed by atoms with E-state index in [2.05, 4.69) is 9.71 Å². The van der Waals surface area contributed by atoms with Crippen molar-refractivity contribution >= 4 is 16.0 Å². The molecule has 2 rings (SSSR count). The van der Waals surface area contributed by atoms with Crippen LogP contribution in [0.2, 0.25) is 0 Å². The number of rotatable bonds is 3. The summed E-state index contributed by atoms with van der Waals surface area (Å²) in [5.74, 6) is -0.700. The Hall–Kier alpha value is -1.21. The second-order valence-corrected chi connectivity index (χ2v) is 5.23. The Bertz CT molecular complexity index is 471. The van der Waals surface area contributed by atoms with Gasteiger partial charge in [0.2, 0.25) is 5.95 Å². The number of aromatic nitrogens is 1. The van der Waals surface area contributed by atoms with Gasteiger partial charge in [0.05, 0.1) is 0 Å². The molecule has 1 fully saturated rings. The summed E-state index contributed by atoms with van der Waals surface area (Å²) in [4.78, 5) is 3.45. The number of hydrogen-bond acceptors (Lipinski definition) is 3. The van der Waals surface area contributed by atoms with Gasteiger partial charge in [0, 0.05) is 13.1 Å². The van der Waals surface area contributed by atoms with Crippen LogP contribution in [0.4, 0.5) is 10.2 Å². The molecule has 7 heteroatoms. The van der Waals surface area contributed by atoms with E-state index in [9.17, 15) is 12.8 Å². The number of anilines is 1. The zero-order chi connectivity index (χ0) is 11.6. The fraction of sp³-hybridized carbons (Fsp3) is 0.444. The van der Waals surface area contributed by atoms with Crippen LogP contribution in [0.5, 0.6) is 0 Å². The molecule has 2 heterocycles. The van der Waals surface area contributed by atoms with E-state index in [1.54, 1.807) is 0 Å². The van der Waals surface area contributed by atoms with Gasteiger partial charge < -0.3 is 0 Å². The molecule has 1 aliphatic heterocycles. The highest BCUT2D eigenvalue weighted by molar-refractivity contribution is 7.90. The molecule has 0 unspecified atom stereocenters. The highest BCUT2D eigenvalue weighted by Crippen LogP contribution is 2.15. The Morgan fingerprint density at radius 3 is 2.62 bits per heavy atom. The van der Waals surface area contributed by atoms with Crippen LogP contribution >= 0.6 is 0 Å². The minimum absolute atomic E-state index is 0.00639. The molecule has 0 aliphatic carbocycles. The normalized spacial score (nSPS) is 17.6. The van der Waals surface area contributed by atoms with E-state index in [4.69, 9.17) is 0 Å². The summed E-state index contributed by atoms with van der Waals surface area (Å²) < 4.78 is 39.9. The average Bonchev–Trinajstić information content (AvgIpc) is 2.69. The lowest BCUT2D eigenvalue weighted by Gasteiger charge is -2.16. The van der Waals surface area contributed by atoms with Crippen LogP contribution < -0.4 is 4.72 Å². The minimum Gasteiger partial charge on any atom is -0.254 e. The molecule has 5 nitrogen and oxygen atoms in total. The molecule has 0 amide bonds. The topological polar surface area (TPSA) is 62.3 Å². The highest BCUT2D eigenvalue weighted by Gasteiger charge is 2.25. The van der Waals surface area contributed by atoms with Crippen molar-refractivity contribution in [3.05, 3.63) is 24.1 Å². The lowest BCUT2D eigenvalue weighted by Crippen LogP contribution is -2.33. The third-order valence-electron chi connectivity index (χ3n) is 2.35. The number of nitrogens with one attached hydrogen (secondary N) is 1. The molecule has 1 aromatic heterocycles. The van der Waals surface area contributed by atoms with E-state index in [1.165, 1.54) is 16.4 Å². The van der Waals surface area contributed by atoms with Crippen molar-refractivity contribution in [2.24, 2.45) is 0 Å².